The van der Waals surface area contributed by atoms with Crippen LogP contribution in [0.1, 0.15) is 64.4 Å². The van der Waals surface area contributed by atoms with Gasteiger partial charge in [-0.3, -0.25) is 0 Å². The molecule has 0 radical (unpaired) electrons. The molecule has 1 atom stereocenters. The molecule has 0 saturated heterocycles. The molecule has 0 heterocycles. The molecular weight excluding hydrogens is 639 g/mol. The Hall–Kier alpha value is -3.25. The molecule has 3 aromatic rings. The van der Waals surface area contributed by atoms with Crippen LogP contribution in [0.5, 0.6) is 5.75 Å². The summed E-state index contributed by atoms with van der Waals surface area (Å²) in [5, 5.41) is 0. The number of unbranched alkanes of at least 4 members (excludes halogenated alkanes) is 4. The van der Waals surface area contributed by atoms with Gasteiger partial charge in [-0.25, -0.2) is 8.78 Å². The molecule has 12 heteroatoms. The van der Waals surface area contributed by atoms with Crippen LogP contribution in [-0.2, 0) is 16.1 Å². The lowest BCUT2D eigenvalue weighted by Gasteiger charge is -2.27. The highest BCUT2D eigenvalue weighted by atomic mass is 19.4. The Morgan fingerprint density at radius 1 is 0.660 bits per heavy atom. The highest BCUT2D eigenvalue weighted by Gasteiger charge is 2.72. The van der Waals surface area contributed by atoms with Gasteiger partial charge < -0.3 is 14.2 Å². The van der Waals surface area contributed by atoms with E-state index in [-0.39, 0.29) is 36.7 Å². The smallest absolute Gasteiger partial charge is 0.459 e. The average Bonchev–Trinajstić information content (AvgIpc) is 3.03. The van der Waals surface area contributed by atoms with Crippen LogP contribution in [0.25, 0.3) is 22.3 Å². The fraction of sp³-hybridized carbons (Fsp3) is 0.486. The third-order valence-corrected chi connectivity index (χ3v) is 7.56. The lowest BCUT2D eigenvalue weighted by molar-refractivity contribution is -0.361. The van der Waals surface area contributed by atoms with Crippen molar-refractivity contribution in [2.24, 2.45) is 0 Å². The number of hydrogen-bond donors (Lipinski definition) is 0. The monoisotopic (exact) mass is 678 g/mol. The Balaban J connectivity index is 1.47. The number of rotatable bonds is 19. The molecule has 47 heavy (non-hydrogen) atoms. The topological polar surface area (TPSA) is 27.7 Å². The minimum Gasteiger partial charge on any atom is -0.494 e. The fourth-order valence-electron chi connectivity index (χ4n) is 4.68. The molecule has 0 saturated carbocycles. The van der Waals surface area contributed by atoms with Crippen molar-refractivity contribution in [3.8, 4) is 28.0 Å². The summed E-state index contributed by atoms with van der Waals surface area (Å²) < 4.78 is 135. The molecule has 0 unspecified atom stereocenters. The summed E-state index contributed by atoms with van der Waals surface area (Å²) in [7, 11) is 0. The minimum absolute atomic E-state index is 0.0424. The maximum Gasteiger partial charge on any atom is 0.459 e. The van der Waals surface area contributed by atoms with Crippen LogP contribution in [0.3, 0.4) is 0 Å². The largest absolute Gasteiger partial charge is 0.494 e. The van der Waals surface area contributed by atoms with Gasteiger partial charge in [0.2, 0.25) is 0 Å². The molecule has 0 fully saturated rings. The van der Waals surface area contributed by atoms with Crippen LogP contribution in [0.2, 0.25) is 0 Å². The second-order valence-electron chi connectivity index (χ2n) is 11.4. The Bertz CT molecular complexity index is 1370. The van der Waals surface area contributed by atoms with E-state index in [0.29, 0.717) is 23.5 Å². The molecule has 3 rings (SSSR count). The van der Waals surface area contributed by atoms with Gasteiger partial charge in [0.25, 0.3) is 0 Å². The molecule has 3 nitrogen and oxygen atoms in total. The van der Waals surface area contributed by atoms with Gasteiger partial charge in [0.1, 0.15) is 12.4 Å². The van der Waals surface area contributed by atoms with E-state index in [1.807, 2.05) is 19.1 Å². The van der Waals surface area contributed by atoms with E-state index in [1.165, 1.54) is 55.7 Å². The second kappa shape index (κ2) is 17.2. The van der Waals surface area contributed by atoms with Gasteiger partial charge in [-0.2, -0.15) is 30.7 Å². The van der Waals surface area contributed by atoms with Crippen LogP contribution >= 0.6 is 0 Å². The number of benzene rings is 3. The van der Waals surface area contributed by atoms with Crippen LogP contribution in [-0.4, -0.2) is 43.9 Å². The standard InChI is InChI=1S/C35H39F9O3/c1-3-4-5-6-9-24(2)47-22-25-10-12-26(13-11-25)29-18-19-30(32(37)31(29)36)27-14-16-28(17-15-27)46-21-8-7-20-45-23-33(38,39)34(40,41)35(42,43)44/h10-19,24H,3-9,20-23H2,1-2H3/t24-/m0/s1. The molecule has 0 spiro atoms. The second-order valence-corrected chi connectivity index (χ2v) is 11.4. The predicted octanol–water partition coefficient (Wildman–Crippen LogP) is 11.2. The SMILES string of the molecule is CCCCCC[C@H](C)OCc1ccc(-c2ccc(-c3ccc(OCCCCOCC(F)(F)C(F)(F)C(F)(F)F)cc3)c(F)c2F)cc1. The summed E-state index contributed by atoms with van der Waals surface area (Å²) in [5.74, 6) is -13.3. The van der Waals surface area contributed by atoms with Gasteiger partial charge in [0, 0.05) is 17.7 Å². The van der Waals surface area contributed by atoms with E-state index in [2.05, 4.69) is 11.7 Å². The number of halogens is 9. The van der Waals surface area contributed by atoms with Crippen molar-refractivity contribution >= 4 is 0 Å². The molecule has 0 aliphatic rings. The Kier molecular flexibility index (Phi) is 14.0. The fourth-order valence-corrected chi connectivity index (χ4v) is 4.68. The summed E-state index contributed by atoms with van der Waals surface area (Å²) in [6, 6.07) is 16.2. The Morgan fingerprint density at radius 2 is 1.21 bits per heavy atom. The number of ether oxygens (including phenoxy) is 3. The van der Waals surface area contributed by atoms with E-state index < -0.39 is 42.9 Å². The van der Waals surface area contributed by atoms with Gasteiger partial charge in [0.15, 0.2) is 11.6 Å². The van der Waals surface area contributed by atoms with Crippen molar-refractivity contribution in [2.75, 3.05) is 19.8 Å². The molecule has 0 aliphatic carbocycles. The molecule has 0 aromatic heterocycles. The van der Waals surface area contributed by atoms with Gasteiger partial charge in [-0.15, -0.1) is 0 Å². The van der Waals surface area contributed by atoms with Gasteiger partial charge in [-0.1, -0.05) is 81.1 Å². The first-order valence-electron chi connectivity index (χ1n) is 15.5. The van der Waals surface area contributed by atoms with Crippen molar-refractivity contribution in [1.29, 1.82) is 0 Å². The minimum atomic E-state index is -6.40. The zero-order valence-electron chi connectivity index (χ0n) is 26.3. The summed E-state index contributed by atoms with van der Waals surface area (Å²) in [4.78, 5) is 0. The normalized spacial score (nSPS) is 13.2. The summed E-state index contributed by atoms with van der Waals surface area (Å²) in [6.45, 7) is 2.13. The highest BCUT2D eigenvalue weighted by molar-refractivity contribution is 5.72. The van der Waals surface area contributed by atoms with E-state index in [4.69, 9.17) is 9.47 Å². The van der Waals surface area contributed by atoms with E-state index >= 15 is 8.78 Å². The maximum absolute atomic E-state index is 15.1. The van der Waals surface area contributed by atoms with Crippen molar-refractivity contribution in [3.05, 3.63) is 77.9 Å². The first-order chi connectivity index (χ1) is 22.2. The molecule has 3 aromatic carbocycles. The molecule has 0 amide bonds. The van der Waals surface area contributed by atoms with Crippen LogP contribution < -0.4 is 4.74 Å². The first kappa shape index (κ1) is 38.2. The summed E-state index contributed by atoms with van der Waals surface area (Å²) in [6.07, 6.45) is -0.297. The van der Waals surface area contributed by atoms with Crippen LogP contribution in [0, 0.1) is 11.6 Å². The molecule has 0 N–H and O–H groups in total. The molecule has 0 bridgehead atoms. The Morgan fingerprint density at radius 3 is 1.77 bits per heavy atom. The highest BCUT2D eigenvalue weighted by Crippen LogP contribution is 2.46. The van der Waals surface area contributed by atoms with Crippen molar-refractivity contribution in [1.82, 2.24) is 0 Å². The van der Waals surface area contributed by atoms with E-state index in [1.54, 1.807) is 12.1 Å². The maximum atomic E-state index is 15.1. The third-order valence-electron chi connectivity index (χ3n) is 7.56. The average molecular weight is 679 g/mol. The number of alkyl halides is 7. The molecule has 0 aliphatic heterocycles. The lowest BCUT2D eigenvalue weighted by atomic mass is 9.98. The van der Waals surface area contributed by atoms with Crippen molar-refractivity contribution < 1.29 is 53.7 Å². The van der Waals surface area contributed by atoms with Gasteiger partial charge >= 0.3 is 18.0 Å². The quantitative estimate of drug-likeness (QED) is 0.0933. The zero-order chi connectivity index (χ0) is 34.7. The van der Waals surface area contributed by atoms with Crippen LogP contribution in [0.4, 0.5) is 39.5 Å². The van der Waals surface area contributed by atoms with Crippen molar-refractivity contribution in [3.63, 3.8) is 0 Å². The van der Waals surface area contributed by atoms with Crippen LogP contribution in [0.15, 0.2) is 60.7 Å². The van der Waals surface area contributed by atoms with E-state index in [0.717, 1.165) is 18.4 Å². The summed E-state index contributed by atoms with van der Waals surface area (Å²) >= 11 is 0. The summed E-state index contributed by atoms with van der Waals surface area (Å²) in [5.41, 5.74) is 2.00. The van der Waals surface area contributed by atoms with Crippen molar-refractivity contribution in [2.45, 2.75) is 89.5 Å². The zero-order valence-corrected chi connectivity index (χ0v) is 26.3. The molecular formula is C35H39F9O3. The first-order valence-corrected chi connectivity index (χ1v) is 15.5. The van der Waals surface area contributed by atoms with E-state index in [9.17, 15) is 30.7 Å². The van der Waals surface area contributed by atoms with Gasteiger partial charge in [0.05, 0.1) is 19.3 Å². The Labute approximate surface area is 269 Å². The third kappa shape index (κ3) is 10.6. The number of hydrogen-bond acceptors (Lipinski definition) is 3. The van der Waals surface area contributed by atoms with Gasteiger partial charge in [-0.05, 0) is 55.0 Å². The molecule has 260 valence electrons. The predicted molar refractivity (Wildman–Crippen MR) is 162 cm³/mol. The lowest BCUT2D eigenvalue weighted by Crippen LogP contribution is -2.54.